The number of carbonyl (C=O) groups is 2. The molecular formula is C14H21ClN2O2. The maximum Gasteiger partial charge on any atom is 0.243 e. The molecule has 2 aliphatic rings. The highest BCUT2D eigenvalue weighted by molar-refractivity contribution is 6.25. The van der Waals surface area contributed by atoms with Gasteiger partial charge < -0.3 is 10.2 Å². The van der Waals surface area contributed by atoms with E-state index < -0.39 is 0 Å². The number of amides is 2. The van der Waals surface area contributed by atoms with Crippen molar-refractivity contribution in [1.82, 2.24) is 10.2 Å². The number of halogens is 1. The van der Waals surface area contributed by atoms with Gasteiger partial charge in [-0.15, -0.1) is 0 Å². The lowest BCUT2D eigenvalue weighted by molar-refractivity contribution is -0.147. The fourth-order valence-electron chi connectivity index (χ4n) is 3.07. The lowest BCUT2D eigenvalue weighted by Gasteiger charge is -2.40. The van der Waals surface area contributed by atoms with E-state index in [0.29, 0.717) is 12.5 Å². The van der Waals surface area contributed by atoms with Crippen molar-refractivity contribution < 1.29 is 9.59 Å². The highest BCUT2D eigenvalue weighted by atomic mass is 35.5. The van der Waals surface area contributed by atoms with Gasteiger partial charge in [0.25, 0.3) is 0 Å². The Bertz CT molecular complexity index is 389. The third-order valence-corrected chi connectivity index (χ3v) is 4.41. The first-order valence-corrected chi connectivity index (χ1v) is 7.40. The summed E-state index contributed by atoms with van der Waals surface area (Å²) in [5, 5.41) is 2.72. The Kier molecular flexibility index (Phi) is 4.86. The molecule has 1 heterocycles. The van der Waals surface area contributed by atoms with E-state index in [0.717, 1.165) is 31.3 Å². The van der Waals surface area contributed by atoms with Crippen LogP contribution in [0.25, 0.3) is 0 Å². The summed E-state index contributed by atoms with van der Waals surface area (Å²) in [6.45, 7) is 2.44. The van der Waals surface area contributed by atoms with E-state index in [2.05, 4.69) is 5.32 Å². The number of carbonyl (C=O) groups excluding carboxylic acids is 2. The minimum Gasteiger partial charge on any atom is -0.345 e. The first kappa shape index (κ1) is 14.4. The van der Waals surface area contributed by atoms with Crippen molar-refractivity contribution >= 4 is 23.4 Å². The molecule has 1 N–H and O–H groups in total. The maximum atomic E-state index is 12.2. The number of hydrogen-bond acceptors (Lipinski definition) is 2. The molecule has 1 aliphatic heterocycles. The van der Waals surface area contributed by atoms with Gasteiger partial charge in [-0.3, -0.25) is 9.59 Å². The molecule has 4 nitrogen and oxygen atoms in total. The standard InChI is InChI=1S/C14H21ClN2O2/c1-10(7-15)9-17-12(18)8-16-14(19)13(17)11-5-3-2-4-6-11/h7,11,13H,2-6,8-9H2,1H3,(H,16,19). The highest BCUT2D eigenvalue weighted by Gasteiger charge is 2.39. The molecule has 1 saturated carbocycles. The molecular weight excluding hydrogens is 264 g/mol. The van der Waals surface area contributed by atoms with Crippen LogP contribution in [-0.2, 0) is 9.59 Å². The Morgan fingerprint density at radius 1 is 1.37 bits per heavy atom. The quantitative estimate of drug-likeness (QED) is 0.862. The van der Waals surface area contributed by atoms with Gasteiger partial charge in [-0.25, -0.2) is 0 Å². The van der Waals surface area contributed by atoms with Crippen molar-refractivity contribution in [1.29, 1.82) is 0 Å². The molecule has 1 unspecified atom stereocenters. The van der Waals surface area contributed by atoms with Crippen molar-refractivity contribution in [3.05, 3.63) is 11.1 Å². The average molecular weight is 285 g/mol. The highest BCUT2D eigenvalue weighted by Crippen LogP contribution is 2.30. The van der Waals surface area contributed by atoms with Crippen molar-refractivity contribution in [2.75, 3.05) is 13.1 Å². The number of hydrogen-bond donors (Lipinski definition) is 1. The van der Waals surface area contributed by atoms with Crippen LogP contribution >= 0.6 is 11.6 Å². The molecule has 1 saturated heterocycles. The summed E-state index contributed by atoms with van der Waals surface area (Å²) in [5.41, 5.74) is 2.39. The summed E-state index contributed by atoms with van der Waals surface area (Å²) in [6.07, 6.45) is 5.61. The van der Waals surface area contributed by atoms with Gasteiger partial charge in [0.15, 0.2) is 0 Å². The summed E-state index contributed by atoms with van der Waals surface area (Å²) in [6, 6.07) is -0.312. The molecule has 106 valence electrons. The lowest BCUT2D eigenvalue weighted by atomic mass is 9.82. The zero-order valence-corrected chi connectivity index (χ0v) is 12.1. The van der Waals surface area contributed by atoms with Crippen molar-refractivity contribution in [2.45, 2.75) is 45.1 Å². The van der Waals surface area contributed by atoms with Gasteiger partial charge in [0.2, 0.25) is 11.8 Å². The SMILES string of the molecule is CC(=CCl)CN1C(=O)CNC(=O)C1C1CCCCC1. The lowest BCUT2D eigenvalue weighted by Crippen LogP contribution is -2.61. The van der Waals surface area contributed by atoms with Crippen LogP contribution in [0.3, 0.4) is 0 Å². The maximum absolute atomic E-state index is 12.2. The summed E-state index contributed by atoms with van der Waals surface area (Å²) in [4.78, 5) is 26.0. The van der Waals surface area contributed by atoms with Crippen LogP contribution in [-0.4, -0.2) is 35.8 Å². The van der Waals surface area contributed by atoms with Crippen molar-refractivity contribution in [3.63, 3.8) is 0 Å². The van der Waals surface area contributed by atoms with Gasteiger partial charge in [-0.1, -0.05) is 30.9 Å². The first-order chi connectivity index (χ1) is 9.13. The third-order valence-electron chi connectivity index (χ3n) is 4.04. The number of nitrogens with zero attached hydrogens (tertiary/aromatic N) is 1. The van der Waals surface area contributed by atoms with Crippen molar-refractivity contribution in [3.8, 4) is 0 Å². The van der Waals surface area contributed by atoms with Gasteiger partial charge in [0.05, 0.1) is 6.54 Å². The predicted octanol–water partition coefficient (Wildman–Crippen LogP) is 2.04. The van der Waals surface area contributed by atoms with Gasteiger partial charge >= 0.3 is 0 Å². The van der Waals surface area contributed by atoms with E-state index in [1.54, 1.807) is 4.90 Å². The van der Waals surface area contributed by atoms with Crippen LogP contribution in [0.2, 0.25) is 0 Å². The van der Waals surface area contributed by atoms with Gasteiger partial charge in [-0.2, -0.15) is 0 Å². The normalized spacial score (nSPS) is 26.5. The second-order valence-corrected chi connectivity index (χ2v) is 5.76. The Morgan fingerprint density at radius 2 is 2.05 bits per heavy atom. The Hall–Kier alpha value is -1.03. The topological polar surface area (TPSA) is 49.4 Å². The fourth-order valence-corrected chi connectivity index (χ4v) is 3.14. The molecule has 1 atom stereocenters. The Morgan fingerprint density at radius 3 is 2.68 bits per heavy atom. The first-order valence-electron chi connectivity index (χ1n) is 6.96. The molecule has 1 aliphatic carbocycles. The van der Waals surface area contributed by atoms with Crippen LogP contribution in [0.15, 0.2) is 11.1 Å². The zero-order chi connectivity index (χ0) is 13.8. The van der Waals surface area contributed by atoms with E-state index in [-0.39, 0.29) is 24.4 Å². The molecule has 19 heavy (non-hydrogen) atoms. The molecule has 2 rings (SSSR count). The smallest absolute Gasteiger partial charge is 0.243 e. The molecule has 0 aromatic rings. The molecule has 2 amide bonds. The molecule has 0 spiro atoms. The molecule has 0 aromatic heterocycles. The van der Waals surface area contributed by atoms with E-state index >= 15 is 0 Å². The van der Waals surface area contributed by atoms with Gasteiger partial charge in [-0.05, 0) is 31.3 Å². The van der Waals surface area contributed by atoms with E-state index in [4.69, 9.17) is 11.6 Å². The second kappa shape index (κ2) is 6.42. The van der Waals surface area contributed by atoms with Crippen LogP contribution in [0, 0.1) is 5.92 Å². The summed E-state index contributed by atoms with van der Waals surface area (Å²) in [5.74, 6) is 0.281. The summed E-state index contributed by atoms with van der Waals surface area (Å²) in [7, 11) is 0. The van der Waals surface area contributed by atoms with Crippen LogP contribution in [0.1, 0.15) is 39.0 Å². The van der Waals surface area contributed by atoms with Gasteiger partial charge in [0.1, 0.15) is 6.04 Å². The zero-order valence-electron chi connectivity index (χ0n) is 11.3. The predicted molar refractivity (Wildman–Crippen MR) is 74.7 cm³/mol. The van der Waals surface area contributed by atoms with E-state index in [1.807, 2.05) is 6.92 Å². The van der Waals surface area contributed by atoms with E-state index in [9.17, 15) is 9.59 Å². The fraction of sp³-hybridized carbons (Fsp3) is 0.714. The Balaban J connectivity index is 2.17. The molecule has 0 aromatic carbocycles. The number of rotatable bonds is 3. The van der Waals surface area contributed by atoms with Crippen LogP contribution < -0.4 is 5.32 Å². The monoisotopic (exact) mass is 284 g/mol. The largest absolute Gasteiger partial charge is 0.345 e. The van der Waals surface area contributed by atoms with Crippen LogP contribution in [0.5, 0.6) is 0 Å². The molecule has 5 heteroatoms. The van der Waals surface area contributed by atoms with Gasteiger partial charge in [0, 0.05) is 12.1 Å². The second-order valence-electron chi connectivity index (χ2n) is 5.54. The Labute approximate surface area is 119 Å². The van der Waals surface area contributed by atoms with E-state index in [1.165, 1.54) is 12.0 Å². The summed E-state index contributed by atoms with van der Waals surface area (Å²) < 4.78 is 0. The summed E-state index contributed by atoms with van der Waals surface area (Å²) >= 11 is 5.69. The number of piperazine rings is 1. The minimum atomic E-state index is -0.312. The molecule has 0 bridgehead atoms. The van der Waals surface area contributed by atoms with Crippen LogP contribution in [0.4, 0.5) is 0 Å². The number of nitrogens with one attached hydrogen (secondary N) is 1. The van der Waals surface area contributed by atoms with Crippen molar-refractivity contribution in [2.24, 2.45) is 5.92 Å². The average Bonchev–Trinajstić information content (AvgIpc) is 2.44. The third kappa shape index (κ3) is 3.30. The minimum absolute atomic E-state index is 0.00567. The molecule has 2 fully saturated rings. The molecule has 0 radical (unpaired) electrons.